The van der Waals surface area contributed by atoms with Crippen molar-refractivity contribution in [1.82, 2.24) is 29.3 Å². The highest BCUT2D eigenvalue weighted by molar-refractivity contribution is 5.97. The average molecular weight is 1320 g/mol. The van der Waals surface area contributed by atoms with Crippen molar-refractivity contribution in [2.24, 2.45) is 0 Å². The number of H-pyrrole nitrogens is 1. The maximum atomic E-state index is 13.6. The van der Waals surface area contributed by atoms with E-state index in [1.54, 1.807) is 31.4 Å². The first-order valence-corrected chi connectivity index (χ1v) is 37.9. The maximum absolute atomic E-state index is 13.6. The van der Waals surface area contributed by atoms with Crippen LogP contribution in [0.3, 0.4) is 0 Å². The number of nitrogens with zero attached hydrogens (tertiary/aromatic N) is 5. The first kappa shape index (κ1) is 83.0. The quantitative estimate of drug-likeness (QED) is 0.0233. The Balaban J connectivity index is 1.61. The zero-order valence-electron chi connectivity index (χ0n) is 60.2. The van der Waals surface area contributed by atoms with E-state index in [0.717, 1.165) is 224 Å². The zero-order chi connectivity index (χ0) is 68.1. The molecule has 2 heterocycles. The first-order chi connectivity index (χ1) is 45.9. The summed E-state index contributed by atoms with van der Waals surface area (Å²) in [5.41, 5.74) is 1.49. The Morgan fingerprint density at radius 2 is 0.894 bits per heavy atom. The number of amides is 1. The largest absolute Gasteiger partial charge is 0.462 e. The number of ether oxygens (including phenoxy) is 5. The lowest BCUT2D eigenvalue weighted by Crippen LogP contribution is -2.32. The number of hydrogen-bond donors (Lipinski definition) is 2. The Morgan fingerprint density at radius 1 is 0.500 bits per heavy atom. The number of anilines is 1. The molecule has 0 saturated heterocycles. The van der Waals surface area contributed by atoms with Crippen molar-refractivity contribution in [3.8, 4) is 6.01 Å². The molecule has 94 heavy (non-hydrogen) atoms. The van der Waals surface area contributed by atoms with Crippen LogP contribution in [0.15, 0.2) is 29.1 Å². The fourth-order valence-corrected chi connectivity index (χ4v) is 12.2. The fraction of sp³-hybridized carbons (Fsp3) is 0.789. The van der Waals surface area contributed by atoms with Gasteiger partial charge in [0.2, 0.25) is 5.91 Å². The SMILES string of the molecule is CCCCCC(CC)OC(=O)CCCCCCCCN(CCCCCCCCC(=O)OC(CC)CCCCC)CCCN(CCCCCCCCC(=O)OC(CC)CCCCC)CCCCCC(=O)Nc1nc(OCCOC)nc2c1[nH]c(=O)n2Cc1ccc(C=O)cc1. The highest BCUT2D eigenvalue weighted by Crippen LogP contribution is 2.24. The number of aldehydes is 1. The number of hydrogen-bond acceptors (Lipinski definition) is 15. The van der Waals surface area contributed by atoms with Crippen molar-refractivity contribution in [2.45, 2.75) is 330 Å². The molecule has 0 spiro atoms. The summed E-state index contributed by atoms with van der Waals surface area (Å²) in [7, 11) is 1.57. The lowest BCUT2D eigenvalue weighted by molar-refractivity contribution is -0.150. The summed E-state index contributed by atoms with van der Waals surface area (Å²) in [6.45, 7) is 19.8. The molecule has 2 N–H and O–H groups in total. The molecule has 0 aliphatic carbocycles. The van der Waals surface area contributed by atoms with Crippen LogP contribution in [-0.2, 0) is 44.7 Å². The standard InChI is InChI=1S/C76H131N7O11/c1-8-14-30-42-65(11-4)92-69(86)46-34-23-17-20-26-37-53-81(54-38-27-21-18-24-35-47-70(87)93-66(12-5)43-31-15-9-2)57-41-58-82(55-39-28-22-19-25-36-48-71(88)94-67(13-6)44-32-16-10-3)56-40-29-33-45-68(85)77-73-72-74(80-75(79-73)91-60-59-90-7)83(76(89)78-72)61-63-49-51-64(62-84)52-50-63/h49-52,62,65-67H,8-48,53-61H2,1-7H3,(H,78,89)(H,77,79,80,85). The number of aromatic amines is 1. The second-order valence-electron chi connectivity index (χ2n) is 26.3. The van der Waals surface area contributed by atoms with Gasteiger partial charge >= 0.3 is 29.6 Å². The minimum absolute atomic E-state index is 0.0105. The number of benzene rings is 1. The fourth-order valence-electron chi connectivity index (χ4n) is 12.2. The van der Waals surface area contributed by atoms with Crippen molar-refractivity contribution in [2.75, 3.05) is 64.9 Å². The number of unbranched alkanes of at least 4 members (excludes halogenated alkanes) is 23. The number of rotatable bonds is 63. The second kappa shape index (κ2) is 54.9. The van der Waals surface area contributed by atoms with E-state index < -0.39 is 5.69 Å². The van der Waals surface area contributed by atoms with E-state index in [0.29, 0.717) is 43.4 Å². The molecule has 0 bridgehead atoms. The molecule has 3 unspecified atom stereocenters. The van der Waals surface area contributed by atoms with Crippen molar-refractivity contribution in [3.63, 3.8) is 0 Å². The van der Waals surface area contributed by atoms with E-state index in [1.165, 1.54) is 62.4 Å². The summed E-state index contributed by atoms with van der Waals surface area (Å²) in [5.74, 6) is -0.170. The second-order valence-corrected chi connectivity index (χ2v) is 26.3. The van der Waals surface area contributed by atoms with Crippen LogP contribution in [0.25, 0.3) is 11.2 Å². The summed E-state index contributed by atoms with van der Waals surface area (Å²) in [6, 6.07) is 6.98. The van der Waals surface area contributed by atoms with Gasteiger partial charge in [-0.15, -0.1) is 0 Å². The molecule has 3 aromatic rings. The van der Waals surface area contributed by atoms with Crippen molar-refractivity contribution in [3.05, 3.63) is 45.9 Å². The van der Waals surface area contributed by atoms with Crippen LogP contribution >= 0.6 is 0 Å². The minimum Gasteiger partial charge on any atom is -0.462 e. The van der Waals surface area contributed by atoms with Gasteiger partial charge in [0.05, 0.1) is 13.2 Å². The molecular weight excluding hydrogens is 1190 g/mol. The third-order valence-electron chi connectivity index (χ3n) is 18.1. The number of methoxy groups -OCH3 is 1. The molecule has 18 nitrogen and oxygen atoms in total. The molecule has 0 aliphatic rings. The van der Waals surface area contributed by atoms with Crippen LogP contribution in [0, 0.1) is 0 Å². The average Bonchev–Trinajstić information content (AvgIpc) is 1.62. The predicted molar refractivity (Wildman–Crippen MR) is 381 cm³/mol. The third kappa shape index (κ3) is 39.1. The van der Waals surface area contributed by atoms with Gasteiger partial charge < -0.3 is 43.8 Å². The molecule has 3 atom stereocenters. The zero-order valence-corrected chi connectivity index (χ0v) is 60.2. The molecular formula is C76H131N7O11. The Kier molecular flexibility index (Phi) is 48.5. The summed E-state index contributed by atoms with van der Waals surface area (Å²) in [6.07, 6.45) is 41.9. The van der Waals surface area contributed by atoms with Crippen molar-refractivity contribution >= 4 is 47.1 Å². The number of carbonyl (C=O) groups excluding carboxylic acids is 5. The predicted octanol–water partition coefficient (Wildman–Crippen LogP) is 17.4. The van der Waals surface area contributed by atoms with E-state index in [-0.39, 0.29) is 79.2 Å². The number of aromatic nitrogens is 4. The van der Waals surface area contributed by atoms with E-state index >= 15 is 0 Å². The van der Waals surface area contributed by atoms with Gasteiger partial charge in [-0.3, -0.25) is 28.5 Å². The van der Waals surface area contributed by atoms with Gasteiger partial charge in [-0.05, 0) is 160 Å². The molecule has 0 aliphatic heterocycles. The molecule has 536 valence electrons. The molecule has 18 heteroatoms. The number of imidazole rings is 1. The third-order valence-corrected chi connectivity index (χ3v) is 18.1. The lowest BCUT2D eigenvalue weighted by atomic mass is 10.1. The first-order valence-electron chi connectivity index (χ1n) is 37.9. The van der Waals surface area contributed by atoms with Gasteiger partial charge in [0.1, 0.15) is 36.7 Å². The van der Waals surface area contributed by atoms with Crippen LogP contribution in [0.5, 0.6) is 6.01 Å². The van der Waals surface area contributed by atoms with Crippen molar-refractivity contribution in [1.29, 1.82) is 0 Å². The van der Waals surface area contributed by atoms with Crippen LogP contribution in [0.2, 0.25) is 0 Å². The molecule has 3 rings (SSSR count). The Morgan fingerprint density at radius 3 is 1.30 bits per heavy atom. The Hall–Kier alpha value is -5.20. The summed E-state index contributed by atoms with van der Waals surface area (Å²) in [4.78, 5) is 93.4. The summed E-state index contributed by atoms with van der Waals surface area (Å²) in [5, 5.41) is 2.95. The van der Waals surface area contributed by atoms with E-state index in [9.17, 15) is 28.8 Å². The molecule has 0 radical (unpaired) electrons. The number of esters is 3. The van der Waals surface area contributed by atoms with E-state index in [2.05, 4.69) is 71.6 Å². The topological polar surface area (TPSA) is 214 Å². The summed E-state index contributed by atoms with van der Waals surface area (Å²) < 4.78 is 29.9. The van der Waals surface area contributed by atoms with Gasteiger partial charge in [0, 0.05) is 38.4 Å². The maximum Gasteiger partial charge on any atom is 0.328 e. The van der Waals surface area contributed by atoms with Crippen molar-refractivity contribution < 1.29 is 47.7 Å². The van der Waals surface area contributed by atoms with Gasteiger partial charge in [-0.2, -0.15) is 9.97 Å². The smallest absolute Gasteiger partial charge is 0.328 e. The van der Waals surface area contributed by atoms with Crippen LogP contribution in [-0.4, -0.2) is 137 Å². The highest BCUT2D eigenvalue weighted by atomic mass is 16.6. The normalized spacial score (nSPS) is 12.6. The Bertz CT molecular complexity index is 2440. The van der Waals surface area contributed by atoms with Gasteiger partial charge in [0.25, 0.3) is 0 Å². The minimum atomic E-state index is -0.418. The van der Waals surface area contributed by atoms with E-state index in [4.69, 9.17) is 23.7 Å². The van der Waals surface area contributed by atoms with E-state index in [1.807, 2.05) is 0 Å². The van der Waals surface area contributed by atoms with Crippen LogP contribution < -0.4 is 15.7 Å². The molecule has 1 aromatic carbocycles. The van der Waals surface area contributed by atoms with Gasteiger partial charge in [0.15, 0.2) is 11.5 Å². The number of nitrogens with one attached hydrogen (secondary N) is 2. The molecule has 0 fully saturated rings. The van der Waals surface area contributed by atoms with Gasteiger partial charge in [-0.1, -0.05) is 188 Å². The number of carbonyl (C=O) groups is 5. The highest BCUT2D eigenvalue weighted by Gasteiger charge is 2.20. The monoisotopic (exact) mass is 1320 g/mol. The molecule has 0 saturated carbocycles. The molecule has 2 aromatic heterocycles. The van der Waals surface area contributed by atoms with Gasteiger partial charge in [-0.25, -0.2) is 4.79 Å². The number of fused-ring (bicyclic) bond motifs is 1. The van der Waals surface area contributed by atoms with Crippen LogP contribution in [0.1, 0.15) is 321 Å². The van der Waals surface area contributed by atoms with Crippen LogP contribution in [0.4, 0.5) is 5.82 Å². The summed E-state index contributed by atoms with van der Waals surface area (Å²) >= 11 is 0. The Labute approximate surface area is 568 Å². The molecule has 1 amide bonds. The lowest BCUT2D eigenvalue weighted by Gasteiger charge is -2.26.